The van der Waals surface area contributed by atoms with Crippen LogP contribution in [0.1, 0.15) is 31.1 Å². The maximum absolute atomic E-state index is 14.1. The van der Waals surface area contributed by atoms with Crippen LogP contribution in [0.3, 0.4) is 0 Å². The molecular formula is C15H17F4N5O2. The number of hydrogen-bond donors (Lipinski definition) is 3. The molecule has 0 aliphatic rings. The molecule has 0 aromatic carbocycles. The van der Waals surface area contributed by atoms with Crippen LogP contribution in [0, 0.1) is 0 Å². The van der Waals surface area contributed by atoms with E-state index in [1.165, 1.54) is 26.8 Å². The van der Waals surface area contributed by atoms with Crippen molar-refractivity contribution in [1.29, 1.82) is 0 Å². The monoisotopic (exact) mass is 375 g/mol. The number of fused-ring (bicyclic) bond motifs is 1. The molecule has 7 nitrogen and oxygen atoms in total. The molecule has 0 spiro atoms. The third-order valence-electron chi connectivity index (χ3n) is 3.81. The Morgan fingerprint density at radius 1 is 1.27 bits per heavy atom. The maximum Gasteiger partial charge on any atom is 0.471 e. The zero-order valence-electron chi connectivity index (χ0n) is 14.1. The summed E-state index contributed by atoms with van der Waals surface area (Å²) in [5, 5.41) is 8.36. The third-order valence-corrected chi connectivity index (χ3v) is 3.81. The molecule has 2 heterocycles. The van der Waals surface area contributed by atoms with Crippen LogP contribution in [0.2, 0.25) is 0 Å². The van der Waals surface area contributed by atoms with Gasteiger partial charge in [0.15, 0.2) is 0 Å². The molecular weight excluding hydrogens is 358 g/mol. The summed E-state index contributed by atoms with van der Waals surface area (Å²) in [4.78, 5) is 22.7. The molecule has 2 rings (SSSR count). The topological polar surface area (TPSA) is 102 Å². The number of carbonyl (C=O) groups excluding carboxylic acids is 2. The lowest BCUT2D eigenvalue weighted by atomic mass is 10.0. The SMILES string of the molecule is CC(Nc1c(C(N)=O)cnn2cc(NC(=O)C(F)(F)F)cc12)C(C)(C)F. The fourth-order valence-electron chi connectivity index (χ4n) is 2.05. The van der Waals surface area contributed by atoms with E-state index in [4.69, 9.17) is 5.73 Å². The predicted molar refractivity (Wildman–Crippen MR) is 86.7 cm³/mol. The van der Waals surface area contributed by atoms with Gasteiger partial charge in [0.05, 0.1) is 40.9 Å². The molecule has 0 aliphatic carbocycles. The highest BCUT2D eigenvalue weighted by Gasteiger charge is 2.39. The second kappa shape index (κ2) is 6.46. The molecule has 0 aliphatic heterocycles. The molecule has 26 heavy (non-hydrogen) atoms. The summed E-state index contributed by atoms with van der Waals surface area (Å²) >= 11 is 0. The molecule has 0 radical (unpaired) electrons. The number of nitrogens with two attached hydrogens (primary N) is 1. The lowest BCUT2D eigenvalue weighted by Gasteiger charge is -2.26. The van der Waals surface area contributed by atoms with Crippen molar-refractivity contribution in [1.82, 2.24) is 9.61 Å². The Balaban J connectivity index is 2.51. The van der Waals surface area contributed by atoms with E-state index < -0.39 is 29.7 Å². The maximum atomic E-state index is 14.1. The minimum atomic E-state index is -5.06. The zero-order valence-corrected chi connectivity index (χ0v) is 14.1. The molecule has 2 amide bonds. The van der Waals surface area contributed by atoms with Crippen LogP contribution in [0.15, 0.2) is 18.5 Å². The van der Waals surface area contributed by atoms with Crippen molar-refractivity contribution in [3.8, 4) is 0 Å². The molecule has 0 fully saturated rings. The van der Waals surface area contributed by atoms with Gasteiger partial charge in [-0.15, -0.1) is 0 Å². The summed E-state index contributed by atoms with van der Waals surface area (Å²) < 4.78 is 52.4. The molecule has 1 unspecified atom stereocenters. The molecule has 2 aromatic rings. The summed E-state index contributed by atoms with van der Waals surface area (Å²) in [7, 11) is 0. The highest BCUT2D eigenvalue weighted by molar-refractivity contribution is 6.03. The lowest BCUT2D eigenvalue weighted by molar-refractivity contribution is -0.167. The van der Waals surface area contributed by atoms with Gasteiger partial charge in [-0.05, 0) is 26.8 Å². The smallest absolute Gasteiger partial charge is 0.377 e. The fraction of sp³-hybridized carbons (Fsp3) is 0.400. The average Bonchev–Trinajstić information content (AvgIpc) is 2.87. The number of anilines is 2. The molecule has 0 saturated carbocycles. The van der Waals surface area contributed by atoms with Crippen molar-refractivity contribution in [3.63, 3.8) is 0 Å². The number of nitrogens with one attached hydrogen (secondary N) is 2. The highest BCUT2D eigenvalue weighted by atomic mass is 19.4. The first-order valence-corrected chi connectivity index (χ1v) is 7.45. The Kier molecular flexibility index (Phi) is 4.84. The Hall–Kier alpha value is -2.85. The van der Waals surface area contributed by atoms with E-state index in [-0.39, 0.29) is 22.5 Å². The van der Waals surface area contributed by atoms with Crippen molar-refractivity contribution >= 4 is 28.7 Å². The van der Waals surface area contributed by atoms with Gasteiger partial charge in [0, 0.05) is 0 Å². The summed E-state index contributed by atoms with van der Waals surface area (Å²) in [6.07, 6.45) is -2.83. The number of amides is 2. The number of nitrogens with zero attached hydrogens (tertiary/aromatic N) is 2. The Bertz CT molecular complexity index is 854. The largest absolute Gasteiger partial charge is 0.471 e. The van der Waals surface area contributed by atoms with Gasteiger partial charge >= 0.3 is 12.1 Å². The van der Waals surface area contributed by atoms with E-state index in [1.54, 1.807) is 5.32 Å². The quantitative estimate of drug-likeness (QED) is 0.699. The van der Waals surface area contributed by atoms with Crippen molar-refractivity contribution in [2.75, 3.05) is 10.6 Å². The van der Waals surface area contributed by atoms with E-state index in [9.17, 15) is 27.2 Å². The van der Waals surface area contributed by atoms with E-state index in [0.717, 1.165) is 16.9 Å². The first-order chi connectivity index (χ1) is 11.8. The van der Waals surface area contributed by atoms with Gasteiger partial charge in [-0.3, -0.25) is 9.59 Å². The van der Waals surface area contributed by atoms with Crippen LogP contribution < -0.4 is 16.4 Å². The minimum absolute atomic E-state index is 0.0691. The Morgan fingerprint density at radius 3 is 2.38 bits per heavy atom. The van der Waals surface area contributed by atoms with Crippen molar-refractivity contribution in [2.24, 2.45) is 5.73 Å². The van der Waals surface area contributed by atoms with Crippen LogP contribution in [0.5, 0.6) is 0 Å². The molecule has 1 atom stereocenters. The van der Waals surface area contributed by atoms with Crippen LogP contribution in [0.25, 0.3) is 5.52 Å². The van der Waals surface area contributed by atoms with Crippen LogP contribution in [0.4, 0.5) is 28.9 Å². The molecule has 142 valence electrons. The van der Waals surface area contributed by atoms with E-state index in [2.05, 4.69) is 10.4 Å². The second-order valence-corrected chi connectivity index (χ2v) is 6.24. The Morgan fingerprint density at radius 2 is 1.88 bits per heavy atom. The van der Waals surface area contributed by atoms with Gasteiger partial charge in [-0.2, -0.15) is 18.3 Å². The molecule has 4 N–H and O–H groups in total. The van der Waals surface area contributed by atoms with Gasteiger partial charge < -0.3 is 16.4 Å². The molecule has 2 aromatic heterocycles. The van der Waals surface area contributed by atoms with Crippen molar-refractivity contribution < 1.29 is 27.2 Å². The van der Waals surface area contributed by atoms with Gasteiger partial charge in [0.1, 0.15) is 5.67 Å². The number of primary amides is 1. The molecule has 11 heteroatoms. The first kappa shape index (κ1) is 19.5. The minimum Gasteiger partial charge on any atom is -0.377 e. The van der Waals surface area contributed by atoms with E-state index >= 15 is 0 Å². The average molecular weight is 375 g/mol. The number of halogens is 4. The zero-order chi connectivity index (χ0) is 19.9. The van der Waals surface area contributed by atoms with Gasteiger partial charge in [-0.25, -0.2) is 8.91 Å². The fourth-order valence-corrected chi connectivity index (χ4v) is 2.05. The van der Waals surface area contributed by atoms with Crippen molar-refractivity contribution in [2.45, 2.75) is 38.7 Å². The summed E-state index contributed by atoms with van der Waals surface area (Å²) in [6, 6.07) is 0.401. The van der Waals surface area contributed by atoms with Gasteiger partial charge in [0.25, 0.3) is 5.91 Å². The summed E-state index contributed by atoms with van der Waals surface area (Å²) in [6.45, 7) is 4.16. The first-order valence-electron chi connectivity index (χ1n) is 7.45. The van der Waals surface area contributed by atoms with Gasteiger partial charge in [0.2, 0.25) is 0 Å². The lowest BCUT2D eigenvalue weighted by Crippen LogP contribution is -2.36. The predicted octanol–water partition coefficient (Wildman–Crippen LogP) is 2.48. The normalized spacial score (nSPS) is 13.5. The van der Waals surface area contributed by atoms with Gasteiger partial charge in [-0.1, -0.05) is 0 Å². The standard InChI is InChI=1S/C15H17F4N5O2/c1-7(14(2,3)16)22-11-9(12(20)25)5-21-24-6-8(4-10(11)24)23-13(26)15(17,18)19/h4-7,22H,1-3H3,(H2,20,25)(H,23,26). The van der Waals surface area contributed by atoms with Crippen LogP contribution in [-0.4, -0.2) is 39.3 Å². The summed E-state index contributed by atoms with van der Waals surface area (Å²) in [5.41, 5.74) is 3.60. The highest BCUT2D eigenvalue weighted by Crippen LogP contribution is 2.29. The van der Waals surface area contributed by atoms with Crippen LogP contribution in [-0.2, 0) is 4.79 Å². The molecule has 0 saturated heterocycles. The number of rotatable bonds is 5. The number of alkyl halides is 4. The Labute approximate surface area is 145 Å². The van der Waals surface area contributed by atoms with Crippen LogP contribution >= 0.6 is 0 Å². The van der Waals surface area contributed by atoms with Crippen molar-refractivity contribution in [3.05, 3.63) is 24.0 Å². The van der Waals surface area contributed by atoms with E-state index in [0.29, 0.717) is 0 Å². The number of hydrogen-bond acceptors (Lipinski definition) is 4. The third kappa shape index (κ3) is 4.03. The number of aromatic nitrogens is 2. The second-order valence-electron chi connectivity index (χ2n) is 6.24. The summed E-state index contributed by atoms with van der Waals surface area (Å²) in [5.74, 6) is -3.01. The molecule has 0 bridgehead atoms. The number of carbonyl (C=O) groups is 2. The van der Waals surface area contributed by atoms with E-state index in [1.807, 2.05) is 0 Å².